The van der Waals surface area contributed by atoms with Gasteiger partial charge in [-0.1, -0.05) is 18.2 Å². The first-order chi connectivity index (χ1) is 15.9. The fourth-order valence-electron chi connectivity index (χ4n) is 4.17. The summed E-state index contributed by atoms with van der Waals surface area (Å²) in [6, 6.07) is 15.4. The van der Waals surface area contributed by atoms with Crippen LogP contribution in [0.25, 0.3) is 5.70 Å². The molecule has 8 nitrogen and oxygen atoms in total. The molecule has 0 saturated carbocycles. The van der Waals surface area contributed by atoms with Crippen LogP contribution in [0.1, 0.15) is 5.56 Å². The minimum atomic E-state index is -3.23. The molecule has 3 aliphatic heterocycles. The molecule has 2 aromatic rings. The Labute approximate surface area is 194 Å². The lowest BCUT2D eigenvalue weighted by atomic mass is 10.1. The molecule has 5 rings (SSSR count). The Balaban J connectivity index is 1.26. The molecule has 0 aromatic heterocycles. The number of allylic oxidation sites excluding steroid dienone is 2. The number of nitrogens with one attached hydrogen (secondary N) is 2. The van der Waals surface area contributed by atoms with Gasteiger partial charge in [-0.2, -0.15) is 5.43 Å². The summed E-state index contributed by atoms with van der Waals surface area (Å²) in [5.41, 5.74) is 7.42. The molecule has 2 aromatic carbocycles. The van der Waals surface area contributed by atoms with Gasteiger partial charge in [0.25, 0.3) is 0 Å². The highest BCUT2D eigenvalue weighted by Crippen LogP contribution is 2.27. The molecule has 3 aliphatic rings. The van der Waals surface area contributed by atoms with Crippen molar-refractivity contribution in [2.24, 2.45) is 4.99 Å². The number of likely N-dealkylation sites (N-methyl/N-ethyl adjacent to an activating group) is 1. The number of sulfone groups is 1. The van der Waals surface area contributed by atoms with E-state index in [2.05, 4.69) is 51.9 Å². The molecular weight excluding hydrogens is 436 g/mol. The number of anilines is 2. The van der Waals surface area contributed by atoms with Gasteiger partial charge in [-0.05, 0) is 61.2 Å². The van der Waals surface area contributed by atoms with Gasteiger partial charge in [0.15, 0.2) is 16.1 Å². The Bertz CT molecular complexity index is 1210. The summed E-state index contributed by atoms with van der Waals surface area (Å²) in [6.45, 7) is 4.25. The summed E-state index contributed by atoms with van der Waals surface area (Å²) >= 11 is 0. The lowest BCUT2D eigenvalue weighted by molar-refractivity contribution is 0.313. The second-order valence-corrected chi connectivity index (χ2v) is 10.6. The van der Waals surface area contributed by atoms with Crippen LogP contribution in [0.15, 0.2) is 76.6 Å². The first-order valence-electron chi connectivity index (χ1n) is 11.0. The van der Waals surface area contributed by atoms with Crippen molar-refractivity contribution in [3.63, 3.8) is 0 Å². The highest BCUT2D eigenvalue weighted by Gasteiger charge is 2.28. The van der Waals surface area contributed by atoms with E-state index in [9.17, 15) is 8.42 Å². The molecule has 0 spiro atoms. The van der Waals surface area contributed by atoms with Crippen molar-refractivity contribution in [1.82, 2.24) is 15.3 Å². The average molecular weight is 465 g/mol. The van der Waals surface area contributed by atoms with Crippen molar-refractivity contribution >= 4 is 32.7 Å². The number of rotatable bonds is 5. The van der Waals surface area contributed by atoms with Crippen LogP contribution in [0.5, 0.6) is 0 Å². The molecule has 1 atom stereocenters. The Morgan fingerprint density at radius 3 is 2.36 bits per heavy atom. The van der Waals surface area contributed by atoms with Crippen LogP contribution >= 0.6 is 0 Å². The Morgan fingerprint density at radius 2 is 1.70 bits per heavy atom. The second-order valence-electron chi connectivity index (χ2n) is 8.54. The molecule has 2 N–H and O–H groups in total. The smallest absolute Gasteiger partial charge is 0.193 e. The van der Waals surface area contributed by atoms with Crippen molar-refractivity contribution in [3.05, 3.63) is 72.3 Å². The van der Waals surface area contributed by atoms with Gasteiger partial charge in [0.1, 0.15) is 5.84 Å². The number of fused-ring (bicyclic) bond motifs is 1. The number of aliphatic imine (C=N–C) groups is 1. The van der Waals surface area contributed by atoms with Crippen LogP contribution in [0.2, 0.25) is 0 Å². The molecule has 0 radical (unpaired) electrons. The van der Waals surface area contributed by atoms with Crippen LogP contribution in [0, 0.1) is 0 Å². The van der Waals surface area contributed by atoms with Gasteiger partial charge in [-0.15, -0.1) is 0 Å². The summed E-state index contributed by atoms with van der Waals surface area (Å²) < 4.78 is 23.5. The third-order valence-corrected chi connectivity index (χ3v) is 7.23. The van der Waals surface area contributed by atoms with Gasteiger partial charge >= 0.3 is 0 Å². The predicted molar refractivity (Wildman–Crippen MR) is 133 cm³/mol. The number of amidine groups is 1. The minimum Gasteiger partial charge on any atom is -0.369 e. The molecule has 0 bridgehead atoms. The molecule has 1 saturated heterocycles. The van der Waals surface area contributed by atoms with Crippen LogP contribution in [0.3, 0.4) is 0 Å². The maximum Gasteiger partial charge on any atom is 0.193 e. The van der Waals surface area contributed by atoms with Crippen LogP contribution in [0.4, 0.5) is 11.4 Å². The zero-order valence-electron chi connectivity index (χ0n) is 18.8. The molecule has 33 heavy (non-hydrogen) atoms. The highest BCUT2D eigenvalue weighted by molar-refractivity contribution is 7.90. The minimum absolute atomic E-state index is 0.307. The van der Waals surface area contributed by atoms with Crippen LogP contribution < -0.4 is 15.6 Å². The van der Waals surface area contributed by atoms with Crippen molar-refractivity contribution in [2.45, 2.75) is 11.2 Å². The first kappa shape index (κ1) is 21.7. The molecule has 0 aliphatic carbocycles. The van der Waals surface area contributed by atoms with E-state index in [1.807, 2.05) is 35.4 Å². The molecule has 1 fully saturated rings. The number of benzene rings is 2. The number of piperazine rings is 1. The lowest BCUT2D eigenvalue weighted by Gasteiger charge is -2.34. The van der Waals surface area contributed by atoms with Gasteiger partial charge in [-0.3, -0.25) is 5.01 Å². The van der Waals surface area contributed by atoms with E-state index in [0.717, 1.165) is 49.0 Å². The zero-order valence-corrected chi connectivity index (χ0v) is 19.6. The van der Waals surface area contributed by atoms with Crippen molar-refractivity contribution < 1.29 is 8.42 Å². The van der Waals surface area contributed by atoms with Crippen molar-refractivity contribution in [3.8, 4) is 0 Å². The van der Waals surface area contributed by atoms with Gasteiger partial charge in [0, 0.05) is 43.8 Å². The van der Waals surface area contributed by atoms with E-state index in [-0.39, 0.29) is 6.29 Å². The molecule has 9 heteroatoms. The van der Waals surface area contributed by atoms with E-state index in [4.69, 9.17) is 4.99 Å². The lowest BCUT2D eigenvalue weighted by Crippen LogP contribution is -2.44. The molecule has 1 unspecified atom stereocenters. The molecule has 3 heterocycles. The van der Waals surface area contributed by atoms with Crippen LogP contribution in [-0.2, 0) is 9.84 Å². The number of hydrogen-bond donors (Lipinski definition) is 2. The summed E-state index contributed by atoms with van der Waals surface area (Å²) in [5, 5.41) is 5.35. The SMILES string of the molecule is CN1CCN(c2ccc(NC3N=C4C=CC=C(c5ccc(S(C)(=O)=O)cc5)N4N3)cc2)CC1. The summed E-state index contributed by atoms with van der Waals surface area (Å²) in [4.78, 5) is 9.81. The van der Waals surface area contributed by atoms with E-state index < -0.39 is 9.84 Å². The van der Waals surface area contributed by atoms with Crippen molar-refractivity contribution in [2.75, 3.05) is 49.7 Å². The first-order valence-corrected chi connectivity index (χ1v) is 12.9. The molecular formula is C24H28N6O2S. The number of hydrogen-bond acceptors (Lipinski definition) is 8. The topological polar surface area (TPSA) is 80.3 Å². The largest absolute Gasteiger partial charge is 0.369 e. The summed E-state index contributed by atoms with van der Waals surface area (Å²) in [6.07, 6.45) is 6.78. The third kappa shape index (κ3) is 4.66. The van der Waals surface area contributed by atoms with Crippen molar-refractivity contribution in [1.29, 1.82) is 0 Å². The van der Waals surface area contributed by atoms with Gasteiger partial charge in [0.2, 0.25) is 0 Å². The maximum absolute atomic E-state index is 11.8. The Hall–Kier alpha value is -3.14. The summed E-state index contributed by atoms with van der Waals surface area (Å²) in [7, 11) is -1.06. The standard InChI is InChI=1S/C24H28N6O2S/c1-28-14-16-29(17-15-28)20-10-8-19(9-11-20)25-24-26-23-5-3-4-22(30(23)27-24)18-6-12-21(13-7-18)33(2,31)32/h3-13,24-25,27H,14-17H2,1-2H3. The van der Waals surface area contributed by atoms with Gasteiger partial charge in [0.05, 0.1) is 10.6 Å². The van der Waals surface area contributed by atoms with E-state index in [0.29, 0.717) is 4.90 Å². The van der Waals surface area contributed by atoms with Gasteiger partial charge in [-0.25, -0.2) is 13.4 Å². The van der Waals surface area contributed by atoms with Crippen LogP contribution in [-0.4, -0.2) is 69.9 Å². The molecule has 172 valence electrons. The monoisotopic (exact) mass is 464 g/mol. The summed E-state index contributed by atoms with van der Waals surface area (Å²) in [5.74, 6) is 0.797. The Morgan fingerprint density at radius 1 is 1.00 bits per heavy atom. The quantitative estimate of drug-likeness (QED) is 0.703. The normalized spacial score (nSPS) is 21.0. The van der Waals surface area contributed by atoms with E-state index in [1.165, 1.54) is 11.9 Å². The van der Waals surface area contributed by atoms with E-state index >= 15 is 0 Å². The number of hydrazine groups is 1. The molecule has 0 amide bonds. The highest BCUT2D eigenvalue weighted by atomic mass is 32.2. The average Bonchev–Trinajstić information content (AvgIpc) is 3.22. The Kier molecular flexibility index (Phi) is 5.69. The zero-order chi connectivity index (χ0) is 23.0. The predicted octanol–water partition coefficient (Wildman–Crippen LogP) is 2.37. The van der Waals surface area contributed by atoms with Gasteiger partial charge < -0.3 is 15.1 Å². The number of nitrogens with zero attached hydrogens (tertiary/aromatic N) is 4. The van der Waals surface area contributed by atoms with E-state index in [1.54, 1.807) is 12.1 Å². The fraction of sp³-hybridized carbons (Fsp3) is 0.292. The third-order valence-electron chi connectivity index (χ3n) is 6.10. The fourth-order valence-corrected chi connectivity index (χ4v) is 4.80. The maximum atomic E-state index is 11.8. The second kappa shape index (κ2) is 8.66.